The summed E-state index contributed by atoms with van der Waals surface area (Å²) >= 11 is 6.13. The van der Waals surface area contributed by atoms with E-state index in [0.29, 0.717) is 24.7 Å². The molecule has 0 bridgehead atoms. The summed E-state index contributed by atoms with van der Waals surface area (Å²) in [4.78, 5) is 0. The van der Waals surface area contributed by atoms with Gasteiger partial charge in [-0.1, -0.05) is 35.0 Å². The molecule has 96 valence electrons. The Kier molecular flexibility index (Phi) is 4.30. The van der Waals surface area contributed by atoms with Gasteiger partial charge in [0.15, 0.2) is 0 Å². The molecule has 0 fully saturated rings. The first-order valence-corrected chi connectivity index (χ1v) is 5.97. The summed E-state index contributed by atoms with van der Waals surface area (Å²) < 4.78 is 6.92. The molecule has 5 nitrogen and oxygen atoms in total. The Morgan fingerprint density at radius 3 is 2.83 bits per heavy atom. The van der Waals surface area contributed by atoms with Crippen LogP contribution in [0.4, 0.5) is 0 Å². The third-order valence-electron chi connectivity index (χ3n) is 2.67. The van der Waals surface area contributed by atoms with Crippen LogP contribution in [0, 0.1) is 0 Å². The average Bonchev–Trinajstić information content (AvgIpc) is 2.75. The molecule has 0 atom stereocenters. The van der Waals surface area contributed by atoms with Crippen LogP contribution in [0.5, 0.6) is 0 Å². The van der Waals surface area contributed by atoms with Crippen molar-refractivity contribution in [3.05, 3.63) is 46.2 Å². The van der Waals surface area contributed by atoms with Crippen LogP contribution in [0.15, 0.2) is 24.3 Å². The molecule has 0 saturated carbocycles. The number of rotatable bonds is 5. The molecule has 2 rings (SSSR count). The zero-order valence-electron chi connectivity index (χ0n) is 10.1. The molecule has 0 amide bonds. The lowest BCUT2D eigenvalue weighted by atomic mass is 10.2. The van der Waals surface area contributed by atoms with Crippen LogP contribution in [-0.2, 0) is 24.4 Å². The van der Waals surface area contributed by atoms with Gasteiger partial charge in [0.2, 0.25) is 0 Å². The van der Waals surface area contributed by atoms with Gasteiger partial charge in [-0.05, 0) is 11.6 Å². The SMILES string of the molecule is COCc1c(CN)nnn1Cc1ccccc1Cl. The molecule has 18 heavy (non-hydrogen) atoms. The van der Waals surface area contributed by atoms with Crippen molar-refractivity contribution in [2.75, 3.05) is 7.11 Å². The number of benzene rings is 1. The Morgan fingerprint density at radius 2 is 2.17 bits per heavy atom. The summed E-state index contributed by atoms with van der Waals surface area (Å²) in [5.74, 6) is 0. The number of halogens is 1. The van der Waals surface area contributed by atoms with Crippen LogP contribution in [0.25, 0.3) is 0 Å². The van der Waals surface area contributed by atoms with Crippen molar-refractivity contribution in [3.63, 3.8) is 0 Å². The predicted octanol–water partition coefficient (Wildman–Crippen LogP) is 1.58. The Balaban J connectivity index is 2.29. The standard InChI is InChI=1S/C12H15ClN4O/c1-18-8-12-11(6-14)15-16-17(12)7-9-4-2-3-5-10(9)13/h2-5H,6-8,14H2,1H3. The van der Waals surface area contributed by atoms with Crippen LogP contribution in [0.3, 0.4) is 0 Å². The fourth-order valence-electron chi connectivity index (χ4n) is 1.74. The quantitative estimate of drug-likeness (QED) is 0.892. The minimum atomic E-state index is 0.348. The molecular weight excluding hydrogens is 252 g/mol. The molecule has 1 aromatic carbocycles. The predicted molar refractivity (Wildman–Crippen MR) is 69.2 cm³/mol. The topological polar surface area (TPSA) is 66.0 Å². The van der Waals surface area contributed by atoms with E-state index in [9.17, 15) is 0 Å². The highest BCUT2D eigenvalue weighted by Crippen LogP contribution is 2.17. The first-order chi connectivity index (χ1) is 8.76. The highest BCUT2D eigenvalue weighted by molar-refractivity contribution is 6.31. The number of nitrogens with two attached hydrogens (primary N) is 1. The van der Waals surface area contributed by atoms with Gasteiger partial charge < -0.3 is 10.5 Å². The molecule has 1 heterocycles. The second-order valence-electron chi connectivity index (χ2n) is 3.87. The zero-order valence-corrected chi connectivity index (χ0v) is 10.9. The molecule has 0 aliphatic rings. The fraction of sp³-hybridized carbons (Fsp3) is 0.333. The van der Waals surface area contributed by atoms with E-state index < -0.39 is 0 Å². The molecule has 0 unspecified atom stereocenters. The summed E-state index contributed by atoms with van der Waals surface area (Å²) in [7, 11) is 1.63. The first-order valence-electron chi connectivity index (χ1n) is 5.60. The van der Waals surface area contributed by atoms with Crippen LogP contribution >= 0.6 is 11.6 Å². The fourth-order valence-corrected chi connectivity index (χ4v) is 1.93. The van der Waals surface area contributed by atoms with Crippen molar-refractivity contribution in [3.8, 4) is 0 Å². The van der Waals surface area contributed by atoms with Crippen LogP contribution in [0.2, 0.25) is 5.02 Å². The number of hydrogen-bond donors (Lipinski definition) is 1. The lowest BCUT2D eigenvalue weighted by molar-refractivity contribution is 0.176. The average molecular weight is 267 g/mol. The summed E-state index contributed by atoms with van der Waals surface area (Å²) in [6, 6.07) is 7.66. The molecule has 1 aromatic heterocycles. The van der Waals surface area contributed by atoms with E-state index in [2.05, 4.69) is 10.3 Å². The van der Waals surface area contributed by atoms with Crippen molar-refractivity contribution in [1.29, 1.82) is 0 Å². The normalized spacial score (nSPS) is 10.8. The molecule has 6 heteroatoms. The van der Waals surface area contributed by atoms with Crippen molar-refractivity contribution in [2.45, 2.75) is 19.7 Å². The zero-order chi connectivity index (χ0) is 13.0. The van der Waals surface area contributed by atoms with E-state index in [4.69, 9.17) is 22.1 Å². The minimum absolute atomic E-state index is 0.348. The van der Waals surface area contributed by atoms with Gasteiger partial charge in [0.1, 0.15) is 5.69 Å². The Hall–Kier alpha value is -1.43. The van der Waals surface area contributed by atoms with E-state index in [1.165, 1.54) is 0 Å². The van der Waals surface area contributed by atoms with Crippen LogP contribution in [-0.4, -0.2) is 22.1 Å². The summed E-state index contributed by atoms with van der Waals surface area (Å²) in [5, 5.41) is 8.85. The van der Waals surface area contributed by atoms with Crippen LogP contribution in [0.1, 0.15) is 17.0 Å². The van der Waals surface area contributed by atoms with Crippen LogP contribution < -0.4 is 5.73 Å². The van der Waals surface area contributed by atoms with Gasteiger partial charge in [-0.25, -0.2) is 4.68 Å². The second kappa shape index (κ2) is 5.95. The Bertz CT molecular complexity index is 527. The van der Waals surface area contributed by atoms with E-state index >= 15 is 0 Å². The molecule has 0 saturated heterocycles. The number of hydrogen-bond acceptors (Lipinski definition) is 4. The molecular formula is C12H15ClN4O. The van der Waals surface area contributed by atoms with Gasteiger partial charge in [-0.3, -0.25) is 0 Å². The molecule has 2 N–H and O–H groups in total. The highest BCUT2D eigenvalue weighted by atomic mass is 35.5. The van der Waals surface area contributed by atoms with Gasteiger partial charge >= 0.3 is 0 Å². The van der Waals surface area contributed by atoms with Gasteiger partial charge in [-0.15, -0.1) is 5.10 Å². The number of aromatic nitrogens is 3. The largest absolute Gasteiger partial charge is 0.378 e. The molecule has 0 aliphatic carbocycles. The monoisotopic (exact) mass is 266 g/mol. The molecule has 2 aromatic rings. The maximum atomic E-state index is 6.13. The van der Waals surface area contributed by atoms with E-state index in [0.717, 1.165) is 17.0 Å². The maximum absolute atomic E-state index is 6.13. The van der Waals surface area contributed by atoms with Crippen molar-refractivity contribution < 1.29 is 4.74 Å². The second-order valence-corrected chi connectivity index (χ2v) is 4.28. The molecule has 0 aliphatic heterocycles. The Labute approximate surface area is 111 Å². The molecule has 0 radical (unpaired) electrons. The number of nitrogens with zero attached hydrogens (tertiary/aromatic N) is 3. The lowest BCUT2D eigenvalue weighted by Gasteiger charge is -2.08. The number of methoxy groups -OCH3 is 1. The van der Waals surface area contributed by atoms with Gasteiger partial charge in [0, 0.05) is 18.7 Å². The third-order valence-corrected chi connectivity index (χ3v) is 3.04. The summed E-state index contributed by atoms with van der Waals surface area (Å²) in [6.45, 7) is 1.34. The van der Waals surface area contributed by atoms with Gasteiger partial charge in [-0.2, -0.15) is 0 Å². The van der Waals surface area contributed by atoms with Gasteiger partial charge in [0.25, 0.3) is 0 Å². The summed E-state index contributed by atoms with van der Waals surface area (Å²) in [6.07, 6.45) is 0. The van der Waals surface area contributed by atoms with E-state index in [1.807, 2.05) is 24.3 Å². The minimum Gasteiger partial charge on any atom is -0.378 e. The smallest absolute Gasteiger partial charge is 0.102 e. The third kappa shape index (κ3) is 2.69. The van der Waals surface area contributed by atoms with Crippen molar-refractivity contribution in [2.24, 2.45) is 5.73 Å². The lowest BCUT2D eigenvalue weighted by Crippen LogP contribution is -2.10. The van der Waals surface area contributed by atoms with Gasteiger partial charge in [0.05, 0.1) is 18.8 Å². The summed E-state index contributed by atoms with van der Waals surface area (Å²) in [5.41, 5.74) is 8.25. The Morgan fingerprint density at radius 1 is 1.39 bits per heavy atom. The highest BCUT2D eigenvalue weighted by Gasteiger charge is 2.12. The van der Waals surface area contributed by atoms with E-state index in [1.54, 1.807) is 11.8 Å². The van der Waals surface area contributed by atoms with Crippen molar-refractivity contribution >= 4 is 11.6 Å². The number of ether oxygens (including phenoxy) is 1. The van der Waals surface area contributed by atoms with Crippen molar-refractivity contribution in [1.82, 2.24) is 15.0 Å². The first kappa shape index (κ1) is 13.0. The molecule has 0 spiro atoms. The van der Waals surface area contributed by atoms with E-state index in [-0.39, 0.29) is 0 Å². The maximum Gasteiger partial charge on any atom is 0.102 e.